The first-order chi connectivity index (χ1) is 26.3. The molecule has 1 aliphatic rings. The quantitative estimate of drug-likeness (QED) is 0.160. The zero-order chi connectivity index (χ0) is 38.4. The first-order valence-corrected chi connectivity index (χ1v) is 24.4. The van der Waals surface area contributed by atoms with Crippen molar-refractivity contribution in [1.29, 1.82) is 0 Å². The van der Waals surface area contributed by atoms with E-state index in [9.17, 15) is 0 Å². The molecule has 11 heteroatoms. The Morgan fingerprint density at radius 1 is 0.400 bits per heavy atom. The van der Waals surface area contributed by atoms with Crippen molar-refractivity contribution >= 4 is 90.9 Å². The molecule has 0 saturated heterocycles. The van der Waals surface area contributed by atoms with E-state index in [2.05, 4.69) is 116 Å². The molecular weight excluding hydrogens is 809 g/mol. The van der Waals surface area contributed by atoms with Crippen molar-refractivity contribution in [3.63, 3.8) is 0 Å². The fourth-order valence-corrected chi connectivity index (χ4v) is 14.8. The number of nitrogens with zero attached hydrogens (tertiary/aromatic N) is 2. The smallest absolute Gasteiger partial charge is 0.148 e. The molecule has 0 aliphatic carbocycles. The molecule has 0 bridgehead atoms. The van der Waals surface area contributed by atoms with Gasteiger partial charge in [0.25, 0.3) is 0 Å². The summed E-state index contributed by atoms with van der Waals surface area (Å²) in [6.45, 7) is 22.2. The Morgan fingerprint density at radius 3 is 1.05 bits per heavy atom. The summed E-state index contributed by atoms with van der Waals surface area (Å²) in [7, 11) is 0. The molecule has 9 rings (SSSR count). The second-order valence-corrected chi connectivity index (χ2v) is 23.9. The van der Waals surface area contributed by atoms with Crippen LogP contribution in [0.1, 0.15) is 59.9 Å². The van der Waals surface area contributed by atoms with Crippen molar-refractivity contribution in [2.24, 2.45) is 0 Å². The van der Waals surface area contributed by atoms with Crippen molar-refractivity contribution in [3.8, 4) is 66.4 Å². The summed E-state index contributed by atoms with van der Waals surface area (Å²) in [6.07, 6.45) is 0. The fourth-order valence-electron chi connectivity index (χ4n) is 7.96. The van der Waals surface area contributed by atoms with Crippen molar-refractivity contribution < 1.29 is 0 Å². The van der Waals surface area contributed by atoms with Gasteiger partial charge in [-0.05, 0) is 128 Å². The van der Waals surface area contributed by atoms with Crippen LogP contribution in [0, 0.1) is 69.2 Å². The van der Waals surface area contributed by atoms with Crippen molar-refractivity contribution in [1.82, 2.24) is 19.9 Å². The number of aromatic nitrogens is 4. The van der Waals surface area contributed by atoms with Crippen molar-refractivity contribution in [2.75, 3.05) is 11.5 Å². The zero-order valence-electron chi connectivity index (χ0n) is 32.6. The van der Waals surface area contributed by atoms with Gasteiger partial charge in [0.2, 0.25) is 0 Å². The topological polar surface area (TPSA) is 57.4 Å². The number of nitrogens with one attached hydrogen (secondary N) is 2. The third kappa shape index (κ3) is 6.63. The van der Waals surface area contributed by atoms with Gasteiger partial charge in [-0.3, -0.25) is 0 Å². The summed E-state index contributed by atoms with van der Waals surface area (Å²) in [5, 5.41) is 0. The maximum Gasteiger partial charge on any atom is 0.148 e. The zero-order valence-corrected chi connectivity index (χ0v) is 38.3. The van der Waals surface area contributed by atoms with Crippen LogP contribution in [0.2, 0.25) is 0 Å². The Balaban J connectivity index is 1.11. The van der Waals surface area contributed by atoms with Gasteiger partial charge in [0.05, 0.1) is 32.5 Å². The highest BCUT2D eigenvalue weighted by molar-refractivity contribution is 8.00. The number of hydrogen-bond acceptors (Lipinski definition) is 9. The number of thioether (sulfide) groups is 1. The second-order valence-electron chi connectivity index (χ2n) is 14.5. The van der Waals surface area contributed by atoms with Gasteiger partial charge < -0.3 is 9.97 Å². The molecule has 0 saturated carbocycles. The van der Waals surface area contributed by atoms with Gasteiger partial charge in [0, 0.05) is 82.5 Å². The van der Waals surface area contributed by atoms with Crippen LogP contribution in [-0.2, 0) is 0 Å². The molecule has 2 N–H and O–H groups in total. The predicted molar refractivity (Wildman–Crippen MR) is 249 cm³/mol. The van der Waals surface area contributed by atoms with Gasteiger partial charge in [0.1, 0.15) is 11.6 Å². The molecule has 0 aromatic carbocycles. The van der Waals surface area contributed by atoms with Gasteiger partial charge in [-0.25, -0.2) is 9.97 Å². The number of rotatable bonds is 8. The van der Waals surface area contributed by atoms with E-state index in [1.54, 1.807) is 0 Å². The van der Waals surface area contributed by atoms with E-state index < -0.39 is 0 Å². The van der Waals surface area contributed by atoms with Crippen LogP contribution < -0.4 is 0 Å². The normalized spacial score (nSPS) is 13.3. The molecule has 0 atom stereocenters. The van der Waals surface area contributed by atoms with E-state index >= 15 is 0 Å². The van der Waals surface area contributed by atoms with Crippen LogP contribution in [0.15, 0.2) is 36.4 Å². The Kier molecular flexibility index (Phi) is 9.68. The lowest BCUT2D eigenvalue weighted by molar-refractivity contribution is 1.32. The Bertz CT molecular complexity index is 2490. The van der Waals surface area contributed by atoms with Crippen molar-refractivity contribution in [3.05, 3.63) is 96.3 Å². The average molecular weight is 851 g/mol. The second kappa shape index (κ2) is 14.3. The van der Waals surface area contributed by atoms with Gasteiger partial charge in [0.15, 0.2) is 0 Å². The predicted octanol–water partition coefficient (Wildman–Crippen LogP) is 15.2. The van der Waals surface area contributed by atoms with E-state index in [0.29, 0.717) is 0 Å². The van der Waals surface area contributed by atoms with Gasteiger partial charge in [-0.1, -0.05) is 0 Å². The van der Waals surface area contributed by atoms with E-state index in [-0.39, 0.29) is 0 Å². The highest BCUT2D eigenvalue weighted by Crippen LogP contribution is 2.48. The Hall–Kier alpha value is -3.29. The van der Waals surface area contributed by atoms with Gasteiger partial charge in [-0.15, -0.1) is 68.0 Å². The summed E-state index contributed by atoms with van der Waals surface area (Å²) < 4.78 is 0. The number of aryl methyl sites for hydroxylation is 10. The Labute approximate surface area is 351 Å². The van der Waals surface area contributed by atoms with Crippen LogP contribution in [0.5, 0.6) is 0 Å². The van der Waals surface area contributed by atoms with Crippen LogP contribution in [0.25, 0.3) is 77.6 Å². The Morgan fingerprint density at radius 2 is 0.727 bits per heavy atom. The summed E-state index contributed by atoms with van der Waals surface area (Å²) in [4.78, 5) is 34.0. The molecule has 8 aromatic heterocycles. The number of H-pyrrole nitrogens is 2. The number of hydrogen-bond donors (Lipinski definition) is 2. The van der Waals surface area contributed by atoms with E-state index in [1.165, 1.54) is 103 Å². The lowest BCUT2D eigenvalue weighted by atomic mass is 9.97. The maximum atomic E-state index is 5.36. The molecule has 0 unspecified atom stereocenters. The van der Waals surface area contributed by atoms with Gasteiger partial charge >= 0.3 is 0 Å². The minimum Gasteiger partial charge on any atom is -0.337 e. The minimum atomic E-state index is 0.953. The molecule has 0 amide bonds. The van der Waals surface area contributed by atoms with E-state index in [1.807, 2.05) is 79.8 Å². The third-order valence-corrected chi connectivity index (χ3v) is 17.4. The molecule has 9 heterocycles. The monoisotopic (exact) mass is 850 g/mol. The SMILES string of the molecule is Cc1cc(-c2nc(-c3cc(C4=C(c5cc(-c6nc(-c7cc(C)sc7C)c(-c7cc(C)sc7C)[nH]6)sc5C)CSC4)c(C)s3)[nH]c2-c2cc(C)sc2C)c(C)s1. The number of imidazole rings is 2. The molecular formula is C44H42N4S7. The molecule has 1 aliphatic heterocycles. The van der Waals surface area contributed by atoms with Crippen LogP contribution in [-0.4, -0.2) is 31.4 Å². The fraction of sp³-hybridized carbons (Fsp3) is 0.273. The number of aromatic amines is 2. The summed E-state index contributed by atoms with van der Waals surface area (Å²) in [6, 6.07) is 14.0. The lowest BCUT2D eigenvalue weighted by Gasteiger charge is -2.06. The molecule has 0 spiro atoms. The van der Waals surface area contributed by atoms with E-state index in [0.717, 1.165) is 45.9 Å². The largest absolute Gasteiger partial charge is 0.337 e. The highest BCUT2D eigenvalue weighted by atomic mass is 32.2. The summed E-state index contributed by atoms with van der Waals surface area (Å²) in [5.41, 5.74) is 14.9. The molecule has 4 nitrogen and oxygen atoms in total. The first kappa shape index (κ1) is 37.3. The summed E-state index contributed by atoms with van der Waals surface area (Å²) in [5.74, 6) is 3.92. The van der Waals surface area contributed by atoms with E-state index in [4.69, 9.17) is 9.97 Å². The molecule has 8 aromatic rings. The molecule has 0 radical (unpaired) electrons. The molecule has 280 valence electrons. The van der Waals surface area contributed by atoms with Crippen LogP contribution >= 0.6 is 79.8 Å². The lowest BCUT2D eigenvalue weighted by Crippen LogP contribution is -1.90. The minimum absolute atomic E-state index is 0.953. The standard InChI is InChI=1S/C44H42N4S7/c1-19-11-31(25(7)50-19)39-40(32-12-20(2)51-26(32)8)46-43(45-39)37-15-29(23(5)54-37)35-17-49-18-36(35)30-16-38(55-24(30)6)44-47-41(33-13-21(3)52-27(33)9)42(48-44)34-14-22(4)53-28(34)10/h11-16H,17-18H2,1-10H3,(H,45,46)(H,47,48). The maximum absolute atomic E-state index is 5.36. The average Bonchev–Trinajstić information content (AvgIpc) is 3.96. The van der Waals surface area contributed by atoms with Crippen molar-refractivity contribution in [2.45, 2.75) is 69.2 Å². The first-order valence-electron chi connectivity index (χ1n) is 18.3. The number of thiophene rings is 6. The summed E-state index contributed by atoms with van der Waals surface area (Å²) >= 11 is 13.1. The van der Waals surface area contributed by atoms with Crippen LogP contribution in [0.4, 0.5) is 0 Å². The highest BCUT2D eigenvalue weighted by Gasteiger charge is 2.27. The third-order valence-electron chi connectivity index (χ3n) is 10.4. The molecule has 0 fully saturated rings. The van der Waals surface area contributed by atoms with Crippen LogP contribution in [0.3, 0.4) is 0 Å². The molecule has 55 heavy (non-hydrogen) atoms. The van der Waals surface area contributed by atoms with Gasteiger partial charge in [-0.2, -0.15) is 11.8 Å².